The fourth-order valence-electron chi connectivity index (χ4n) is 3.22. The maximum Gasteiger partial charge on any atom is 0.180 e. The van der Waals surface area contributed by atoms with Crippen molar-refractivity contribution in [1.82, 2.24) is 19.9 Å². The van der Waals surface area contributed by atoms with Crippen LogP contribution in [0.4, 0.5) is 0 Å². The van der Waals surface area contributed by atoms with Crippen LogP contribution >= 0.6 is 0 Å². The zero-order valence-electron chi connectivity index (χ0n) is 12.5. The highest BCUT2D eigenvalue weighted by atomic mass is 16.3. The summed E-state index contributed by atoms with van der Waals surface area (Å²) in [5, 5.41) is 1.18. The van der Waals surface area contributed by atoms with Crippen molar-refractivity contribution in [1.29, 1.82) is 0 Å². The zero-order chi connectivity index (χ0) is 14.9. The maximum atomic E-state index is 5.38. The van der Waals surface area contributed by atoms with E-state index in [-0.39, 0.29) is 0 Å². The Morgan fingerprint density at radius 3 is 3.27 bits per heavy atom. The van der Waals surface area contributed by atoms with Crippen molar-refractivity contribution < 1.29 is 4.42 Å². The van der Waals surface area contributed by atoms with Gasteiger partial charge in [0, 0.05) is 36.4 Å². The van der Waals surface area contributed by atoms with Crippen LogP contribution < -0.4 is 0 Å². The van der Waals surface area contributed by atoms with Crippen molar-refractivity contribution in [2.24, 2.45) is 5.92 Å². The van der Waals surface area contributed by atoms with E-state index in [1.54, 1.807) is 6.20 Å². The van der Waals surface area contributed by atoms with Crippen molar-refractivity contribution >= 4 is 16.6 Å². The Morgan fingerprint density at radius 1 is 1.45 bits per heavy atom. The van der Waals surface area contributed by atoms with Crippen LogP contribution in [0.15, 0.2) is 47.6 Å². The maximum absolute atomic E-state index is 5.38. The van der Waals surface area contributed by atoms with Crippen LogP contribution in [0.2, 0.25) is 0 Å². The van der Waals surface area contributed by atoms with Gasteiger partial charge in [0.25, 0.3) is 0 Å². The minimum atomic E-state index is 0.508. The third-order valence-electron chi connectivity index (χ3n) is 4.09. The van der Waals surface area contributed by atoms with E-state index in [4.69, 9.17) is 4.42 Å². The molecule has 3 aromatic heterocycles. The van der Waals surface area contributed by atoms with Gasteiger partial charge < -0.3 is 9.40 Å². The van der Waals surface area contributed by atoms with Gasteiger partial charge in [-0.15, -0.1) is 0 Å². The van der Waals surface area contributed by atoms with Crippen LogP contribution in [0.3, 0.4) is 0 Å². The van der Waals surface area contributed by atoms with E-state index in [0.29, 0.717) is 5.92 Å². The summed E-state index contributed by atoms with van der Waals surface area (Å²) in [4.78, 5) is 14.0. The number of oxazole rings is 1. The molecule has 1 atom stereocenters. The molecule has 1 aliphatic rings. The molecule has 4 rings (SSSR count). The van der Waals surface area contributed by atoms with Crippen molar-refractivity contribution in [3.63, 3.8) is 0 Å². The molecule has 0 radical (unpaired) electrons. The minimum Gasteiger partial charge on any atom is -0.447 e. The molecule has 1 unspecified atom stereocenters. The first kappa shape index (κ1) is 13.3. The second kappa shape index (κ2) is 5.42. The Labute approximate surface area is 128 Å². The van der Waals surface area contributed by atoms with Gasteiger partial charge in [0.05, 0.1) is 12.7 Å². The molecule has 0 aromatic carbocycles. The van der Waals surface area contributed by atoms with Gasteiger partial charge in [-0.3, -0.25) is 4.90 Å². The van der Waals surface area contributed by atoms with Crippen LogP contribution in [0, 0.1) is 5.92 Å². The number of fused-ring (bicyclic) bond motifs is 1. The molecule has 22 heavy (non-hydrogen) atoms. The van der Waals surface area contributed by atoms with Gasteiger partial charge in [-0.25, -0.2) is 9.97 Å². The number of hydrogen-bond acceptors (Lipinski definition) is 4. The van der Waals surface area contributed by atoms with Crippen LogP contribution in [0.25, 0.3) is 16.6 Å². The lowest BCUT2D eigenvalue weighted by atomic mass is 9.96. The van der Waals surface area contributed by atoms with Crippen LogP contribution in [-0.4, -0.2) is 32.9 Å². The SMILES string of the molecule is CC1C=C(c2c[nH]c3ncccc23)CN(Cc2cnco2)C1. The van der Waals surface area contributed by atoms with Gasteiger partial charge in [0.1, 0.15) is 11.4 Å². The average molecular weight is 294 g/mol. The van der Waals surface area contributed by atoms with E-state index >= 15 is 0 Å². The monoisotopic (exact) mass is 294 g/mol. The molecule has 0 aliphatic carbocycles. The highest BCUT2D eigenvalue weighted by Gasteiger charge is 2.21. The normalized spacial score (nSPS) is 19.5. The van der Waals surface area contributed by atoms with E-state index in [9.17, 15) is 0 Å². The van der Waals surface area contributed by atoms with Gasteiger partial charge in [0.2, 0.25) is 0 Å². The minimum absolute atomic E-state index is 0.508. The number of nitrogens with one attached hydrogen (secondary N) is 1. The molecule has 4 heterocycles. The Bertz CT molecular complexity index is 803. The first-order valence-corrected chi connectivity index (χ1v) is 7.52. The topological polar surface area (TPSA) is 58.0 Å². The first-order valence-electron chi connectivity index (χ1n) is 7.52. The first-order chi connectivity index (χ1) is 10.8. The summed E-state index contributed by atoms with van der Waals surface area (Å²) in [6.45, 7) is 4.99. The second-order valence-corrected chi connectivity index (χ2v) is 5.91. The van der Waals surface area contributed by atoms with E-state index < -0.39 is 0 Å². The predicted octanol–water partition coefficient (Wildman–Crippen LogP) is 3.09. The Hall–Kier alpha value is -2.40. The molecule has 0 spiro atoms. The smallest absolute Gasteiger partial charge is 0.180 e. The number of aromatic nitrogens is 3. The summed E-state index contributed by atoms with van der Waals surface area (Å²) in [7, 11) is 0. The summed E-state index contributed by atoms with van der Waals surface area (Å²) >= 11 is 0. The fourth-order valence-corrected chi connectivity index (χ4v) is 3.22. The van der Waals surface area contributed by atoms with E-state index in [0.717, 1.165) is 31.0 Å². The number of nitrogens with zero attached hydrogens (tertiary/aromatic N) is 3. The number of pyridine rings is 1. The van der Waals surface area contributed by atoms with E-state index in [2.05, 4.69) is 45.1 Å². The zero-order valence-corrected chi connectivity index (χ0v) is 12.5. The third kappa shape index (κ3) is 2.44. The quantitative estimate of drug-likeness (QED) is 0.806. The number of rotatable bonds is 3. The van der Waals surface area contributed by atoms with E-state index in [1.165, 1.54) is 22.9 Å². The molecule has 0 amide bonds. The lowest BCUT2D eigenvalue weighted by Gasteiger charge is -2.30. The van der Waals surface area contributed by atoms with Gasteiger partial charge >= 0.3 is 0 Å². The molecule has 3 aromatic rings. The standard InChI is InChI=1S/C17H18N4O/c1-12-5-13(9-21(8-12)10-14-6-18-11-22-14)16-7-20-17-15(16)3-2-4-19-17/h2-7,11-12H,8-10H2,1H3,(H,19,20). The van der Waals surface area contributed by atoms with Crippen molar-refractivity contribution in [2.45, 2.75) is 13.5 Å². The molecule has 0 bridgehead atoms. The molecular formula is C17H18N4O. The third-order valence-corrected chi connectivity index (χ3v) is 4.09. The summed E-state index contributed by atoms with van der Waals surface area (Å²) in [5.41, 5.74) is 3.54. The Balaban J connectivity index is 1.63. The largest absolute Gasteiger partial charge is 0.447 e. The van der Waals surface area contributed by atoms with Crippen LogP contribution in [0.1, 0.15) is 18.2 Å². The molecule has 5 nitrogen and oxygen atoms in total. The van der Waals surface area contributed by atoms with Gasteiger partial charge in [-0.2, -0.15) is 0 Å². The number of hydrogen-bond donors (Lipinski definition) is 1. The molecule has 1 N–H and O–H groups in total. The van der Waals surface area contributed by atoms with Crippen LogP contribution in [-0.2, 0) is 6.54 Å². The van der Waals surface area contributed by atoms with Crippen molar-refractivity contribution in [2.75, 3.05) is 13.1 Å². The molecule has 0 fully saturated rings. The summed E-state index contributed by atoms with van der Waals surface area (Å²) in [6, 6.07) is 4.11. The summed E-state index contributed by atoms with van der Waals surface area (Å²) < 4.78 is 5.38. The Kier molecular flexibility index (Phi) is 3.27. The number of aromatic amines is 1. The number of H-pyrrole nitrogens is 1. The molecule has 5 heteroatoms. The predicted molar refractivity (Wildman–Crippen MR) is 85.0 cm³/mol. The van der Waals surface area contributed by atoms with E-state index in [1.807, 2.05) is 12.3 Å². The lowest BCUT2D eigenvalue weighted by molar-refractivity contribution is 0.243. The highest BCUT2D eigenvalue weighted by molar-refractivity contribution is 5.91. The Morgan fingerprint density at radius 2 is 2.41 bits per heavy atom. The fraction of sp³-hybridized carbons (Fsp3) is 0.294. The average Bonchev–Trinajstić information content (AvgIpc) is 3.15. The summed E-state index contributed by atoms with van der Waals surface area (Å²) in [6.07, 6.45) is 9.53. The molecule has 1 aliphatic heterocycles. The lowest BCUT2D eigenvalue weighted by Crippen LogP contribution is -2.32. The highest BCUT2D eigenvalue weighted by Crippen LogP contribution is 2.29. The second-order valence-electron chi connectivity index (χ2n) is 5.91. The van der Waals surface area contributed by atoms with Crippen LogP contribution in [0.5, 0.6) is 0 Å². The van der Waals surface area contributed by atoms with Gasteiger partial charge in [-0.1, -0.05) is 13.0 Å². The van der Waals surface area contributed by atoms with Gasteiger partial charge in [-0.05, 0) is 23.6 Å². The molecular weight excluding hydrogens is 276 g/mol. The van der Waals surface area contributed by atoms with Crippen molar-refractivity contribution in [3.05, 3.63) is 54.5 Å². The van der Waals surface area contributed by atoms with Crippen molar-refractivity contribution in [3.8, 4) is 0 Å². The summed E-state index contributed by atoms with van der Waals surface area (Å²) in [5.74, 6) is 1.42. The molecule has 0 saturated heterocycles. The molecule has 0 saturated carbocycles. The van der Waals surface area contributed by atoms with Gasteiger partial charge in [0.15, 0.2) is 6.39 Å². The molecule has 112 valence electrons.